The molecule has 2 aromatic carbocycles. The third-order valence-corrected chi connectivity index (χ3v) is 8.10. The summed E-state index contributed by atoms with van der Waals surface area (Å²) in [5.74, 6) is -1.01. The van der Waals surface area contributed by atoms with Gasteiger partial charge in [-0.3, -0.25) is 24.9 Å². The number of halogens is 4. The molecule has 0 aliphatic carbocycles. The van der Waals surface area contributed by atoms with E-state index in [1.807, 2.05) is 18.7 Å². The number of hydrogen-bond donors (Lipinski definition) is 2. The summed E-state index contributed by atoms with van der Waals surface area (Å²) < 4.78 is 54.9. The summed E-state index contributed by atoms with van der Waals surface area (Å²) in [6, 6.07) is 9.13. The lowest BCUT2D eigenvalue weighted by Gasteiger charge is -2.50. The quantitative estimate of drug-likeness (QED) is 0.427. The highest BCUT2D eigenvalue weighted by molar-refractivity contribution is 6.06. The number of carbonyl (C=O) groups excluding carboxylic acids is 2. The summed E-state index contributed by atoms with van der Waals surface area (Å²) in [6.45, 7) is 6.69. The zero-order valence-electron chi connectivity index (χ0n) is 22.4. The average Bonchev–Trinajstić information content (AvgIpc) is 2.86. The number of piperidine rings is 1. The van der Waals surface area contributed by atoms with Crippen LogP contribution >= 0.6 is 0 Å². The largest absolute Gasteiger partial charge is 0.416 e. The van der Waals surface area contributed by atoms with Crippen molar-refractivity contribution in [1.29, 1.82) is 0 Å². The SMILES string of the molecule is Cc1nc2ccc([C@@]3(O)CCN(Cc4ccc(C(F)(F)F)cc4)CC3(C)C)c(F)c2cc1N1CCC(=O)NC1=O. The average molecular weight is 559 g/mol. The minimum absolute atomic E-state index is 0.114. The summed E-state index contributed by atoms with van der Waals surface area (Å²) in [7, 11) is 0. The molecule has 2 saturated heterocycles. The Hall–Kier alpha value is -3.57. The molecule has 1 atom stereocenters. The van der Waals surface area contributed by atoms with Crippen LogP contribution in [-0.2, 0) is 23.1 Å². The highest BCUT2D eigenvalue weighted by atomic mass is 19.4. The number of carbonyl (C=O) groups is 2. The molecule has 7 nitrogen and oxygen atoms in total. The van der Waals surface area contributed by atoms with Gasteiger partial charge in [0.2, 0.25) is 5.91 Å². The van der Waals surface area contributed by atoms with Crippen molar-refractivity contribution >= 4 is 28.5 Å². The van der Waals surface area contributed by atoms with Crippen molar-refractivity contribution in [2.24, 2.45) is 5.41 Å². The molecule has 2 N–H and O–H groups in total. The minimum atomic E-state index is -4.40. The van der Waals surface area contributed by atoms with Gasteiger partial charge in [-0.05, 0) is 43.2 Å². The van der Waals surface area contributed by atoms with Crippen LogP contribution in [0.15, 0.2) is 42.5 Å². The highest BCUT2D eigenvalue weighted by Crippen LogP contribution is 2.48. The number of aromatic nitrogens is 1. The van der Waals surface area contributed by atoms with E-state index in [0.717, 1.165) is 12.1 Å². The lowest BCUT2D eigenvalue weighted by molar-refractivity contribution is -0.137. The Balaban J connectivity index is 1.42. The molecule has 0 saturated carbocycles. The van der Waals surface area contributed by atoms with E-state index in [4.69, 9.17) is 0 Å². The van der Waals surface area contributed by atoms with Crippen molar-refractivity contribution in [1.82, 2.24) is 15.2 Å². The number of nitrogens with one attached hydrogen (secondary N) is 1. The van der Waals surface area contributed by atoms with E-state index < -0.39 is 34.6 Å². The highest BCUT2D eigenvalue weighted by Gasteiger charge is 2.50. The maximum Gasteiger partial charge on any atom is 0.416 e. The van der Waals surface area contributed by atoms with Gasteiger partial charge < -0.3 is 5.11 Å². The van der Waals surface area contributed by atoms with Crippen molar-refractivity contribution in [3.05, 3.63) is 70.7 Å². The number of imide groups is 1. The van der Waals surface area contributed by atoms with Gasteiger partial charge in [0.05, 0.1) is 28.1 Å². The predicted molar refractivity (Wildman–Crippen MR) is 141 cm³/mol. The third kappa shape index (κ3) is 4.92. The zero-order chi connectivity index (χ0) is 29.0. The molecule has 40 heavy (non-hydrogen) atoms. The number of fused-ring (bicyclic) bond motifs is 1. The predicted octanol–water partition coefficient (Wildman–Crippen LogP) is 5.27. The van der Waals surface area contributed by atoms with Crippen LogP contribution < -0.4 is 10.2 Å². The molecule has 2 aliphatic heterocycles. The van der Waals surface area contributed by atoms with Crippen LogP contribution in [0.5, 0.6) is 0 Å². The first-order chi connectivity index (χ1) is 18.7. The van der Waals surface area contributed by atoms with Crippen LogP contribution in [0, 0.1) is 18.2 Å². The molecule has 0 radical (unpaired) electrons. The molecular formula is C29H30F4N4O3. The normalized spacial score (nSPS) is 22.1. The number of aryl methyl sites for hydroxylation is 1. The molecule has 5 rings (SSSR count). The number of pyridine rings is 1. The Bertz CT molecular complexity index is 1490. The van der Waals surface area contributed by atoms with Crippen molar-refractivity contribution in [3.63, 3.8) is 0 Å². The molecule has 212 valence electrons. The van der Waals surface area contributed by atoms with Crippen molar-refractivity contribution < 1.29 is 32.3 Å². The Labute approximate surface area is 228 Å². The molecule has 0 spiro atoms. The van der Waals surface area contributed by atoms with Gasteiger partial charge in [-0.25, -0.2) is 9.18 Å². The molecule has 3 aromatic rings. The Kier molecular flexibility index (Phi) is 6.86. The molecular weight excluding hydrogens is 528 g/mol. The first kappa shape index (κ1) is 28.0. The van der Waals surface area contributed by atoms with Crippen LogP contribution in [0.2, 0.25) is 0 Å². The van der Waals surface area contributed by atoms with E-state index in [1.165, 1.54) is 23.1 Å². The molecule has 3 amide bonds. The number of nitrogens with zero attached hydrogens (tertiary/aromatic N) is 3. The van der Waals surface area contributed by atoms with Crippen molar-refractivity contribution in [2.45, 2.75) is 51.9 Å². The Morgan fingerprint density at radius 1 is 1.07 bits per heavy atom. The number of urea groups is 1. The molecule has 11 heteroatoms. The summed E-state index contributed by atoms with van der Waals surface area (Å²) in [5.41, 5.74) is -0.985. The molecule has 3 heterocycles. The second kappa shape index (κ2) is 9.81. The second-order valence-electron chi connectivity index (χ2n) is 11.2. The Morgan fingerprint density at radius 3 is 2.40 bits per heavy atom. The number of hydrogen-bond acceptors (Lipinski definition) is 5. The lowest BCUT2D eigenvalue weighted by atomic mass is 9.66. The summed E-state index contributed by atoms with van der Waals surface area (Å²) in [5, 5.41) is 14.4. The lowest BCUT2D eigenvalue weighted by Crippen LogP contribution is -2.55. The van der Waals surface area contributed by atoms with Gasteiger partial charge in [-0.15, -0.1) is 0 Å². The Morgan fingerprint density at radius 2 is 1.77 bits per heavy atom. The third-order valence-electron chi connectivity index (χ3n) is 8.10. The van der Waals surface area contributed by atoms with Crippen molar-refractivity contribution in [3.8, 4) is 0 Å². The summed E-state index contributed by atoms with van der Waals surface area (Å²) in [6.07, 6.45) is -4.09. The number of amides is 3. The number of aliphatic hydroxyl groups is 1. The standard InChI is InChI=1S/C29H30F4N4O3/c1-17-23(37-12-10-24(38)35-26(37)39)14-20-22(34-17)9-8-21(25(20)30)28(40)11-13-36(16-27(28,2)3)15-18-4-6-19(7-5-18)29(31,32)33/h4-9,14,40H,10-13,15-16H2,1-3H3,(H,35,38,39)/t28-/m0/s1. The number of alkyl halides is 3. The monoisotopic (exact) mass is 558 g/mol. The maximum atomic E-state index is 16.2. The molecule has 2 fully saturated rings. The second-order valence-corrected chi connectivity index (χ2v) is 11.2. The van der Waals surface area contributed by atoms with Gasteiger partial charge in [-0.1, -0.05) is 32.0 Å². The van der Waals surface area contributed by atoms with Crippen LogP contribution in [0.4, 0.5) is 28.0 Å². The molecule has 1 aromatic heterocycles. The molecule has 0 bridgehead atoms. The van der Waals surface area contributed by atoms with Gasteiger partial charge in [0.15, 0.2) is 0 Å². The number of anilines is 1. The first-order valence-corrected chi connectivity index (χ1v) is 13.0. The fraction of sp³-hybridized carbons (Fsp3) is 0.414. The van der Waals surface area contributed by atoms with Gasteiger partial charge in [-0.2, -0.15) is 13.2 Å². The van der Waals surface area contributed by atoms with E-state index in [-0.39, 0.29) is 36.2 Å². The van der Waals surface area contributed by atoms with E-state index in [1.54, 1.807) is 19.1 Å². The van der Waals surface area contributed by atoms with Crippen LogP contribution in [0.25, 0.3) is 10.9 Å². The minimum Gasteiger partial charge on any atom is -0.384 e. The van der Waals surface area contributed by atoms with Crippen LogP contribution in [0.3, 0.4) is 0 Å². The summed E-state index contributed by atoms with van der Waals surface area (Å²) in [4.78, 5) is 31.9. The topological polar surface area (TPSA) is 85.8 Å². The van der Waals surface area contributed by atoms with Gasteiger partial charge >= 0.3 is 12.2 Å². The number of rotatable bonds is 4. The van der Waals surface area contributed by atoms with Gasteiger partial charge in [0.1, 0.15) is 5.82 Å². The smallest absolute Gasteiger partial charge is 0.384 e. The maximum absolute atomic E-state index is 16.2. The zero-order valence-corrected chi connectivity index (χ0v) is 22.4. The molecule has 0 unspecified atom stereocenters. The summed E-state index contributed by atoms with van der Waals surface area (Å²) >= 11 is 0. The number of likely N-dealkylation sites (tertiary alicyclic amines) is 1. The van der Waals surface area contributed by atoms with Gasteiger partial charge in [0.25, 0.3) is 0 Å². The van der Waals surface area contributed by atoms with E-state index in [9.17, 15) is 27.9 Å². The van der Waals surface area contributed by atoms with Gasteiger partial charge in [0, 0.05) is 49.0 Å². The first-order valence-electron chi connectivity index (χ1n) is 13.0. The fourth-order valence-electron chi connectivity index (χ4n) is 5.80. The van der Waals surface area contributed by atoms with Crippen LogP contribution in [0.1, 0.15) is 49.1 Å². The number of benzene rings is 2. The van der Waals surface area contributed by atoms with Crippen molar-refractivity contribution in [2.75, 3.05) is 24.5 Å². The van der Waals surface area contributed by atoms with E-state index >= 15 is 4.39 Å². The van der Waals surface area contributed by atoms with E-state index in [0.29, 0.717) is 42.1 Å². The molecule has 2 aliphatic rings. The fourth-order valence-corrected chi connectivity index (χ4v) is 5.80. The van der Waals surface area contributed by atoms with Crippen LogP contribution in [-0.4, -0.2) is 46.6 Å². The van der Waals surface area contributed by atoms with E-state index in [2.05, 4.69) is 10.3 Å².